The highest BCUT2D eigenvalue weighted by molar-refractivity contribution is 5.70. The standard InChI is InChI=1S/C17H18FN3O2/c1-11-10-15(21-8-6-13(7-9-21)17(22)23)20-16(19-11)12-2-4-14(18)5-3-12/h2-5,10,13H,6-9H2,1H3,(H,22,23). The number of piperidine rings is 1. The molecule has 2 aromatic rings. The SMILES string of the molecule is Cc1cc(N2CCC(C(=O)O)CC2)nc(-c2ccc(F)cc2)n1. The van der Waals surface area contributed by atoms with Crippen LogP contribution in [0.3, 0.4) is 0 Å². The van der Waals surface area contributed by atoms with Crippen LogP contribution >= 0.6 is 0 Å². The maximum atomic E-state index is 13.1. The lowest BCUT2D eigenvalue weighted by Crippen LogP contribution is -2.36. The zero-order valence-corrected chi connectivity index (χ0v) is 12.9. The Morgan fingerprint density at radius 1 is 1.22 bits per heavy atom. The van der Waals surface area contributed by atoms with Crippen LogP contribution in [-0.4, -0.2) is 34.1 Å². The van der Waals surface area contributed by atoms with Gasteiger partial charge in [0.15, 0.2) is 5.82 Å². The zero-order valence-electron chi connectivity index (χ0n) is 12.9. The smallest absolute Gasteiger partial charge is 0.306 e. The predicted octanol–water partition coefficient (Wildman–Crippen LogP) is 2.89. The molecular formula is C17H18FN3O2. The van der Waals surface area contributed by atoms with Crippen molar-refractivity contribution in [3.63, 3.8) is 0 Å². The van der Waals surface area contributed by atoms with E-state index in [1.54, 1.807) is 12.1 Å². The Labute approximate surface area is 133 Å². The molecule has 0 bridgehead atoms. The third-order valence-electron chi connectivity index (χ3n) is 4.11. The van der Waals surface area contributed by atoms with Crippen LogP contribution in [0, 0.1) is 18.7 Å². The van der Waals surface area contributed by atoms with Crippen molar-refractivity contribution in [1.82, 2.24) is 9.97 Å². The molecule has 3 rings (SSSR count). The van der Waals surface area contributed by atoms with Gasteiger partial charge in [-0.2, -0.15) is 0 Å². The normalized spacial score (nSPS) is 15.7. The van der Waals surface area contributed by atoms with E-state index in [1.807, 2.05) is 13.0 Å². The summed E-state index contributed by atoms with van der Waals surface area (Å²) in [6.07, 6.45) is 1.23. The van der Waals surface area contributed by atoms with Crippen molar-refractivity contribution in [2.24, 2.45) is 5.92 Å². The maximum Gasteiger partial charge on any atom is 0.306 e. The van der Waals surface area contributed by atoms with Gasteiger partial charge in [-0.25, -0.2) is 14.4 Å². The predicted molar refractivity (Wildman–Crippen MR) is 84.7 cm³/mol. The molecule has 120 valence electrons. The van der Waals surface area contributed by atoms with Crippen molar-refractivity contribution in [2.45, 2.75) is 19.8 Å². The largest absolute Gasteiger partial charge is 0.481 e. The lowest BCUT2D eigenvalue weighted by Gasteiger charge is -2.31. The molecule has 1 aromatic heterocycles. The Balaban J connectivity index is 1.84. The molecule has 6 heteroatoms. The van der Waals surface area contributed by atoms with Crippen LogP contribution < -0.4 is 4.90 Å². The summed E-state index contributed by atoms with van der Waals surface area (Å²) in [4.78, 5) is 22.1. The number of aromatic nitrogens is 2. The number of hydrogen-bond donors (Lipinski definition) is 1. The van der Waals surface area contributed by atoms with Gasteiger partial charge in [-0.1, -0.05) is 0 Å². The number of nitrogens with zero attached hydrogens (tertiary/aromatic N) is 3. The molecule has 1 fully saturated rings. The highest BCUT2D eigenvalue weighted by atomic mass is 19.1. The molecule has 0 saturated carbocycles. The molecule has 5 nitrogen and oxygen atoms in total. The van der Waals surface area contributed by atoms with E-state index < -0.39 is 5.97 Å². The van der Waals surface area contributed by atoms with Gasteiger partial charge in [0.05, 0.1) is 5.92 Å². The minimum absolute atomic E-state index is 0.272. The molecule has 0 radical (unpaired) electrons. The number of benzene rings is 1. The molecule has 1 aromatic carbocycles. The van der Waals surface area contributed by atoms with Crippen LogP contribution in [0.2, 0.25) is 0 Å². The first kappa shape index (κ1) is 15.4. The van der Waals surface area contributed by atoms with Crippen molar-refractivity contribution < 1.29 is 14.3 Å². The first-order chi connectivity index (χ1) is 11.0. The van der Waals surface area contributed by atoms with Gasteiger partial charge >= 0.3 is 5.97 Å². The average molecular weight is 315 g/mol. The van der Waals surface area contributed by atoms with Crippen molar-refractivity contribution in [2.75, 3.05) is 18.0 Å². The molecular weight excluding hydrogens is 297 g/mol. The number of carboxylic acids is 1. The number of carboxylic acid groups (broad SMARTS) is 1. The summed E-state index contributed by atoms with van der Waals surface area (Å²) >= 11 is 0. The molecule has 1 saturated heterocycles. The Kier molecular flexibility index (Phi) is 4.23. The average Bonchev–Trinajstić information content (AvgIpc) is 2.55. The van der Waals surface area contributed by atoms with Crippen LogP contribution in [0.5, 0.6) is 0 Å². The number of aryl methyl sites for hydroxylation is 1. The first-order valence-electron chi connectivity index (χ1n) is 7.62. The second-order valence-corrected chi connectivity index (χ2v) is 5.80. The molecule has 0 atom stereocenters. The van der Waals surface area contributed by atoms with Crippen LogP contribution in [0.25, 0.3) is 11.4 Å². The fourth-order valence-corrected chi connectivity index (χ4v) is 2.80. The summed E-state index contributed by atoms with van der Waals surface area (Å²) in [6.45, 7) is 3.22. The third kappa shape index (κ3) is 3.47. The third-order valence-corrected chi connectivity index (χ3v) is 4.11. The zero-order chi connectivity index (χ0) is 16.4. The van der Waals surface area contributed by atoms with E-state index in [9.17, 15) is 9.18 Å². The minimum Gasteiger partial charge on any atom is -0.481 e. The lowest BCUT2D eigenvalue weighted by atomic mass is 9.97. The lowest BCUT2D eigenvalue weighted by molar-refractivity contribution is -0.142. The van der Waals surface area contributed by atoms with Crippen molar-refractivity contribution >= 4 is 11.8 Å². The molecule has 2 heterocycles. The number of hydrogen-bond acceptors (Lipinski definition) is 4. The van der Waals surface area contributed by atoms with E-state index in [0.717, 1.165) is 17.1 Å². The van der Waals surface area contributed by atoms with E-state index >= 15 is 0 Å². The monoisotopic (exact) mass is 315 g/mol. The summed E-state index contributed by atoms with van der Waals surface area (Å²) in [7, 11) is 0. The van der Waals surface area contributed by atoms with Gasteiger partial charge in [0.1, 0.15) is 11.6 Å². The quantitative estimate of drug-likeness (QED) is 0.943. The molecule has 1 aliphatic heterocycles. The summed E-state index contributed by atoms with van der Waals surface area (Å²) in [5.74, 6) is 0.0552. The molecule has 0 unspecified atom stereocenters. The van der Waals surface area contributed by atoms with Crippen LogP contribution in [0.1, 0.15) is 18.5 Å². The van der Waals surface area contributed by atoms with Crippen molar-refractivity contribution in [3.8, 4) is 11.4 Å². The molecule has 0 spiro atoms. The Morgan fingerprint density at radius 3 is 2.48 bits per heavy atom. The van der Waals surface area contributed by atoms with E-state index in [0.29, 0.717) is 31.8 Å². The van der Waals surface area contributed by atoms with E-state index in [2.05, 4.69) is 14.9 Å². The Morgan fingerprint density at radius 2 is 1.87 bits per heavy atom. The fourth-order valence-electron chi connectivity index (χ4n) is 2.80. The maximum absolute atomic E-state index is 13.1. The van der Waals surface area contributed by atoms with Gasteiger partial charge in [-0.15, -0.1) is 0 Å². The number of carbonyl (C=O) groups is 1. The molecule has 0 amide bonds. The van der Waals surface area contributed by atoms with Crippen LogP contribution in [0.4, 0.5) is 10.2 Å². The molecule has 1 aliphatic rings. The molecule has 0 aliphatic carbocycles. The molecule has 23 heavy (non-hydrogen) atoms. The second-order valence-electron chi connectivity index (χ2n) is 5.80. The highest BCUT2D eigenvalue weighted by Crippen LogP contribution is 2.25. The van der Waals surface area contributed by atoms with Crippen LogP contribution in [0.15, 0.2) is 30.3 Å². The number of aliphatic carboxylic acids is 1. The van der Waals surface area contributed by atoms with Gasteiger partial charge in [0, 0.05) is 30.4 Å². The number of anilines is 1. The summed E-state index contributed by atoms with van der Waals surface area (Å²) in [5, 5.41) is 9.08. The summed E-state index contributed by atoms with van der Waals surface area (Å²) in [6, 6.07) is 7.99. The fraction of sp³-hybridized carbons (Fsp3) is 0.353. The Hall–Kier alpha value is -2.50. The van der Waals surface area contributed by atoms with Gasteiger partial charge in [-0.3, -0.25) is 4.79 Å². The number of halogens is 1. The van der Waals surface area contributed by atoms with Gasteiger partial charge in [0.2, 0.25) is 0 Å². The minimum atomic E-state index is -0.726. The van der Waals surface area contributed by atoms with Crippen molar-refractivity contribution in [1.29, 1.82) is 0 Å². The number of rotatable bonds is 3. The van der Waals surface area contributed by atoms with Crippen molar-refractivity contribution in [3.05, 3.63) is 41.8 Å². The van der Waals surface area contributed by atoms with E-state index in [1.165, 1.54) is 12.1 Å². The van der Waals surface area contributed by atoms with Gasteiger partial charge in [0.25, 0.3) is 0 Å². The van der Waals surface area contributed by atoms with Gasteiger partial charge < -0.3 is 10.0 Å². The summed E-state index contributed by atoms with van der Waals surface area (Å²) in [5.41, 5.74) is 1.59. The molecule has 1 N–H and O–H groups in total. The Bertz CT molecular complexity index is 710. The van der Waals surface area contributed by atoms with Gasteiger partial charge in [-0.05, 0) is 44.0 Å². The first-order valence-corrected chi connectivity index (χ1v) is 7.62. The van der Waals surface area contributed by atoms with Crippen LogP contribution in [-0.2, 0) is 4.79 Å². The highest BCUT2D eigenvalue weighted by Gasteiger charge is 2.25. The van der Waals surface area contributed by atoms with E-state index in [4.69, 9.17) is 5.11 Å². The van der Waals surface area contributed by atoms with E-state index in [-0.39, 0.29) is 11.7 Å². The topological polar surface area (TPSA) is 66.3 Å². The second kappa shape index (κ2) is 6.32. The summed E-state index contributed by atoms with van der Waals surface area (Å²) < 4.78 is 13.1.